The van der Waals surface area contributed by atoms with Crippen LogP contribution in [0.1, 0.15) is 11.5 Å². The number of benzene rings is 2. The highest BCUT2D eigenvalue weighted by Crippen LogP contribution is 2.25. The third kappa shape index (κ3) is 4.17. The molecular formula is C21H16F2N2O4S. The second kappa shape index (κ2) is 8.21. The summed E-state index contributed by atoms with van der Waals surface area (Å²) in [6.45, 7) is -0.331. The molecule has 0 amide bonds. The second-order valence-electron chi connectivity index (χ2n) is 6.44. The topological polar surface area (TPSA) is 76.6 Å². The minimum Gasteiger partial charge on any atom is -0.468 e. The van der Waals surface area contributed by atoms with E-state index in [9.17, 15) is 17.2 Å². The van der Waals surface area contributed by atoms with E-state index in [1.54, 1.807) is 18.2 Å². The van der Waals surface area contributed by atoms with Crippen molar-refractivity contribution in [1.82, 2.24) is 9.29 Å². The van der Waals surface area contributed by atoms with E-state index >= 15 is 0 Å². The molecule has 154 valence electrons. The molecule has 2 heterocycles. The molecule has 0 atom stereocenters. The molecule has 2 aromatic carbocycles. The van der Waals surface area contributed by atoms with Crippen LogP contribution in [0.25, 0.3) is 11.5 Å². The first-order valence-corrected chi connectivity index (χ1v) is 10.3. The van der Waals surface area contributed by atoms with Crippen LogP contribution in [0.3, 0.4) is 0 Å². The molecule has 0 aliphatic heterocycles. The summed E-state index contributed by atoms with van der Waals surface area (Å²) in [5, 5.41) is 0. The molecule has 4 aromatic rings. The lowest BCUT2D eigenvalue weighted by atomic mass is 10.2. The van der Waals surface area contributed by atoms with Gasteiger partial charge in [-0.15, -0.1) is 0 Å². The Morgan fingerprint density at radius 3 is 2.50 bits per heavy atom. The fraction of sp³-hybridized carbons (Fsp3) is 0.0952. The average Bonchev–Trinajstić information content (AvgIpc) is 3.40. The fourth-order valence-corrected chi connectivity index (χ4v) is 4.35. The van der Waals surface area contributed by atoms with Gasteiger partial charge in [0.1, 0.15) is 28.6 Å². The van der Waals surface area contributed by atoms with Crippen LogP contribution in [0, 0.1) is 11.6 Å². The first-order valence-electron chi connectivity index (χ1n) is 8.91. The molecule has 0 saturated carbocycles. The predicted octanol–water partition coefficient (Wildman–Crippen LogP) is 4.60. The molecule has 0 N–H and O–H groups in total. The summed E-state index contributed by atoms with van der Waals surface area (Å²) in [7, 11) is -4.21. The molecule has 0 fully saturated rings. The van der Waals surface area contributed by atoms with Gasteiger partial charge in [-0.1, -0.05) is 18.2 Å². The van der Waals surface area contributed by atoms with Crippen molar-refractivity contribution in [3.05, 3.63) is 96.3 Å². The molecule has 6 nitrogen and oxygen atoms in total. The van der Waals surface area contributed by atoms with Crippen molar-refractivity contribution in [2.24, 2.45) is 0 Å². The van der Waals surface area contributed by atoms with Crippen molar-refractivity contribution in [2.75, 3.05) is 0 Å². The number of oxazole rings is 1. The number of furan rings is 1. The van der Waals surface area contributed by atoms with Crippen LogP contribution in [0.15, 0.2) is 86.9 Å². The lowest BCUT2D eigenvalue weighted by Crippen LogP contribution is -2.31. The first-order chi connectivity index (χ1) is 14.4. The number of sulfonamides is 1. The number of hydrogen-bond donors (Lipinski definition) is 0. The first kappa shape index (κ1) is 20.0. The minimum atomic E-state index is -4.21. The van der Waals surface area contributed by atoms with Crippen molar-refractivity contribution in [3.8, 4) is 11.5 Å². The van der Waals surface area contributed by atoms with Crippen LogP contribution in [-0.4, -0.2) is 17.7 Å². The number of hydrogen-bond acceptors (Lipinski definition) is 5. The molecule has 0 aliphatic rings. The summed E-state index contributed by atoms with van der Waals surface area (Å²) < 4.78 is 65.7. The monoisotopic (exact) mass is 430 g/mol. The van der Waals surface area contributed by atoms with Crippen LogP contribution in [-0.2, 0) is 23.1 Å². The third-order valence-corrected chi connectivity index (χ3v) is 6.15. The Morgan fingerprint density at radius 2 is 1.77 bits per heavy atom. The lowest BCUT2D eigenvalue weighted by Gasteiger charge is -2.20. The van der Waals surface area contributed by atoms with Gasteiger partial charge in [0.2, 0.25) is 15.9 Å². The largest absolute Gasteiger partial charge is 0.468 e. The predicted molar refractivity (Wildman–Crippen MR) is 103 cm³/mol. The quantitative estimate of drug-likeness (QED) is 0.428. The van der Waals surface area contributed by atoms with E-state index in [0.717, 1.165) is 10.4 Å². The SMILES string of the molecule is O=S(=O)(c1ccccc1F)N(Cc1coc(-c2cccc(F)c2)n1)Cc1ccco1. The number of halogens is 2. The van der Waals surface area contributed by atoms with Gasteiger partial charge in [0, 0.05) is 5.56 Å². The van der Waals surface area contributed by atoms with Gasteiger partial charge in [-0.2, -0.15) is 4.31 Å². The highest BCUT2D eigenvalue weighted by atomic mass is 32.2. The van der Waals surface area contributed by atoms with E-state index in [2.05, 4.69) is 4.98 Å². The van der Waals surface area contributed by atoms with Gasteiger partial charge >= 0.3 is 0 Å². The Balaban J connectivity index is 1.67. The van der Waals surface area contributed by atoms with Gasteiger partial charge in [-0.25, -0.2) is 22.2 Å². The van der Waals surface area contributed by atoms with Crippen LogP contribution in [0.2, 0.25) is 0 Å². The zero-order valence-corrected chi connectivity index (χ0v) is 16.4. The van der Waals surface area contributed by atoms with E-state index in [4.69, 9.17) is 8.83 Å². The molecule has 0 radical (unpaired) electrons. The van der Waals surface area contributed by atoms with Gasteiger partial charge in [-0.3, -0.25) is 0 Å². The van der Waals surface area contributed by atoms with Crippen molar-refractivity contribution in [3.63, 3.8) is 0 Å². The Hall–Kier alpha value is -3.30. The molecule has 0 saturated heterocycles. The molecule has 30 heavy (non-hydrogen) atoms. The van der Waals surface area contributed by atoms with Crippen LogP contribution in [0.4, 0.5) is 8.78 Å². The molecule has 0 bridgehead atoms. The molecule has 0 aliphatic carbocycles. The number of rotatable bonds is 7. The van der Waals surface area contributed by atoms with E-state index in [1.165, 1.54) is 48.9 Å². The Morgan fingerprint density at radius 1 is 0.933 bits per heavy atom. The Bertz CT molecular complexity index is 1250. The summed E-state index contributed by atoms with van der Waals surface area (Å²) in [5.41, 5.74) is 0.691. The van der Waals surface area contributed by atoms with E-state index in [1.807, 2.05) is 0 Å². The maximum atomic E-state index is 14.2. The summed E-state index contributed by atoms with van der Waals surface area (Å²) >= 11 is 0. The third-order valence-electron chi connectivity index (χ3n) is 4.33. The van der Waals surface area contributed by atoms with Crippen LogP contribution in [0.5, 0.6) is 0 Å². The van der Waals surface area contributed by atoms with Crippen molar-refractivity contribution in [2.45, 2.75) is 18.0 Å². The van der Waals surface area contributed by atoms with Gasteiger partial charge in [0.25, 0.3) is 0 Å². The van der Waals surface area contributed by atoms with Gasteiger partial charge < -0.3 is 8.83 Å². The average molecular weight is 430 g/mol. The highest BCUT2D eigenvalue weighted by molar-refractivity contribution is 7.89. The summed E-state index contributed by atoms with van der Waals surface area (Å²) in [4.78, 5) is 3.80. The molecular weight excluding hydrogens is 414 g/mol. The molecule has 0 spiro atoms. The Labute approximate surface area is 171 Å². The zero-order chi connectivity index (χ0) is 21.1. The van der Waals surface area contributed by atoms with Gasteiger partial charge in [0.15, 0.2) is 0 Å². The molecule has 9 heteroatoms. The molecule has 2 aromatic heterocycles. The maximum Gasteiger partial charge on any atom is 0.246 e. The van der Waals surface area contributed by atoms with E-state index < -0.39 is 26.6 Å². The normalized spacial score (nSPS) is 11.8. The van der Waals surface area contributed by atoms with Crippen molar-refractivity contribution < 1.29 is 26.0 Å². The standard InChI is InChI=1S/C21H16F2N2O4S/c22-16-6-3-5-15(11-16)21-24-17(14-29-21)12-25(13-18-7-4-10-28-18)30(26,27)20-9-2-1-8-19(20)23/h1-11,14H,12-13H2. The second-order valence-corrected chi connectivity index (χ2v) is 8.34. The van der Waals surface area contributed by atoms with E-state index in [-0.39, 0.29) is 24.7 Å². The van der Waals surface area contributed by atoms with Gasteiger partial charge in [0.05, 0.1) is 25.0 Å². The summed E-state index contributed by atoms with van der Waals surface area (Å²) in [6, 6.07) is 14.1. The lowest BCUT2D eigenvalue weighted by molar-refractivity contribution is 0.353. The van der Waals surface area contributed by atoms with Crippen LogP contribution >= 0.6 is 0 Å². The minimum absolute atomic E-state index is 0.133. The van der Waals surface area contributed by atoms with Gasteiger partial charge in [-0.05, 0) is 42.5 Å². The van der Waals surface area contributed by atoms with E-state index in [0.29, 0.717) is 11.3 Å². The van der Waals surface area contributed by atoms with Crippen molar-refractivity contribution in [1.29, 1.82) is 0 Å². The summed E-state index contributed by atoms with van der Waals surface area (Å²) in [5.74, 6) is -0.786. The van der Waals surface area contributed by atoms with Crippen molar-refractivity contribution >= 4 is 10.0 Å². The summed E-state index contributed by atoms with van der Waals surface area (Å²) in [6.07, 6.45) is 2.70. The zero-order valence-electron chi connectivity index (χ0n) is 15.5. The number of aromatic nitrogens is 1. The fourth-order valence-electron chi connectivity index (χ4n) is 2.91. The maximum absolute atomic E-state index is 14.2. The molecule has 4 rings (SSSR count). The van der Waals surface area contributed by atoms with Crippen LogP contribution < -0.4 is 0 Å². The Kier molecular flexibility index (Phi) is 5.47. The number of nitrogens with zero attached hydrogens (tertiary/aromatic N) is 2. The molecule has 0 unspecified atom stereocenters. The highest BCUT2D eigenvalue weighted by Gasteiger charge is 2.29. The smallest absolute Gasteiger partial charge is 0.246 e.